The van der Waals surface area contributed by atoms with Gasteiger partial charge in [-0.25, -0.2) is 14.6 Å². The molecule has 1 aliphatic rings. The standard InChI is InChI=1S/C23H26N6O3/c1-23(2,3)26-21(30)32-17-13-28(14-17)18-9-10-25-20-19(18)29(22(31)27(20)4)12-16-8-6-5-7-15(16)11-24/h5-10,17H,12-14H2,1-4H3,(H,26,30). The van der Waals surface area contributed by atoms with Crippen molar-refractivity contribution in [2.75, 3.05) is 18.0 Å². The Morgan fingerprint density at radius 1 is 1.28 bits per heavy atom. The van der Waals surface area contributed by atoms with Gasteiger partial charge in [0.25, 0.3) is 0 Å². The number of carbonyl (C=O) groups is 1. The third kappa shape index (κ3) is 4.04. The van der Waals surface area contributed by atoms with Crippen molar-refractivity contribution in [1.82, 2.24) is 19.4 Å². The number of fused-ring (bicyclic) bond motifs is 1. The Kier molecular flexibility index (Phi) is 5.38. The van der Waals surface area contributed by atoms with E-state index in [1.54, 1.807) is 29.9 Å². The lowest BCUT2D eigenvalue weighted by atomic mass is 10.1. The van der Waals surface area contributed by atoms with Crippen LogP contribution in [0.15, 0.2) is 41.3 Å². The molecule has 4 rings (SSSR count). The summed E-state index contributed by atoms with van der Waals surface area (Å²) in [5.74, 6) is 0. The van der Waals surface area contributed by atoms with Crippen LogP contribution in [0, 0.1) is 11.3 Å². The molecule has 0 bridgehead atoms. The van der Waals surface area contributed by atoms with E-state index < -0.39 is 6.09 Å². The van der Waals surface area contributed by atoms with Crippen molar-refractivity contribution in [2.45, 2.75) is 39.0 Å². The topological polar surface area (TPSA) is 105 Å². The molecule has 32 heavy (non-hydrogen) atoms. The maximum Gasteiger partial charge on any atom is 0.407 e. The van der Waals surface area contributed by atoms with Crippen LogP contribution in [0.3, 0.4) is 0 Å². The Balaban J connectivity index is 1.62. The molecule has 2 aromatic heterocycles. The lowest BCUT2D eigenvalue weighted by Gasteiger charge is -2.40. The number of rotatable bonds is 4. The van der Waals surface area contributed by atoms with E-state index in [-0.39, 0.29) is 23.9 Å². The number of hydrogen-bond acceptors (Lipinski definition) is 6. The molecule has 1 aromatic carbocycles. The Morgan fingerprint density at radius 2 is 2.00 bits per heavy atom. The average Bonchev–Trinajstić information content (AvgIpc) is 2.95. The molecule has 0 atom stereocenters. The van der Waals surface area contributed by atoms with Crippen molar-refractivity contribution >= 4 is 22.9 Å². The van der Waals surface area contributed by atoms with Crippen molar-refractivity contribution in [3.05, 3.63) is 58.1 Å². The zero-order valence-corrected chi connectivity index (χ0v) is 18.6. The first-order valence-corrected chi connectivity index (χ1v) is 10.4. The molecular formula is C23H26N6O3. The Bertz CT molecular complexity index is 1270. The Labute approximate surface area is 185 Å². The van der Waals surface area contributed by atoms with Gasteiger partial charge < -0.3 is 15.0 Å². The van der Waals surface area contributed by atoms with Crippen LogP contribution in [-0.4, -0.2) is 44.9 Å². The normalized spacial score (nSPS) is 14.2. The van der Waals surface area contributed by atoms with Crippen molar-refractivity contribution < 1.29 is 9.53 Å². The van der Waals surface area contributed by atoms with Crippen molar-refractivity contribution in [3.8, 4) is 6.07 Å². The van der Waals surface area contributed by atoms with Gasteiger partial charge in [0.15, 0.2) is 5.65 Å². The third-order valence-corrected chi connectivity index (χ3v) is 5.39. The van der Waals surface area contributed by atoms with Gasteiger partial charge in [-0.05, 0) is 38.5 Å². The van der Waals surface area contributed by atoms with Gasteiger partial charge in [-0.15, -0.1) is 0 Å². The number of anilines is 1. The van der Waals surface area contributed by atoms with Gasteiger partial charge in [0.2, 0.25) is 0 Å². The fourth-order valence-electron chi connectivity index (χ4n) is 3.84. The van der Waals surface area contributed by atoms with E-state index >= 15 is 0 Å². The first-order chi connectivity index (χ1) is 15.2. The summed E-state index contributed by atoms with van der Waals surface area (Å²) < 4.78 is 8.65. The summed E-state index contributed by atoms with van der Waals surface area (Å²) in [6.07, 6.45) is 1.00. The second kappa shape index (κ2) is 8.04. The molecule has 9 heteroatoms. The maximum atomic E-state index is 13.0. The van der Waals surface area contributed by atoms with Crippen LogP contribution in [0.5, 0.6) is 0 Å². The predicted molar refractivity (Wildman–Crippen MR) is 121 cm³/mol. The van der Waals surface area contributed by atoms with Gasteiger partial charge in [0.1, 0.15) is 11.6 Å². The van der Waals surface area contributed by atoms with Crippen LogP contribution >= 0.6 is 0 Å². The summed E-state index contributed by atoms with van der Waals surface area (Å²) >= 11 is 0. The molecule has 3 heterocycles. The number of aryl methyl sites for hydroxylation is 1. The quantitative estimate of drug-likeness (QED) is 0.676. The first kappa shape index (κ1) is 21.4. The van der Waals surface area contributed by atoms with Gasteiger partial charge in [0, 0.05) is 18.8 Å². The van der Waals surface area contributed by atoms with Crippen LogP contribution < -0.4 is 15.9 Å². The van der Waals surface area contributed by atoms with Gasteiger partial charge in [-0.1, -0.05) is 18.2 Å². The minimum atomic E-state index is -0.438. The zero-order chi connectivity index (χ0) is 23.0. The zero-order valence-electron chi connectivity index (χ0n) is 18.6. The number of carbonyl (C=O) groups excluding carboxylic acids is 1. The number of ether oxygens (including phenoxy) is 1. The molecule has 1 aliphatic heterocycles. The maximum absolute atomic E-state index is 13.0. The Hall–Kier alpha value is -3.80. The van der Waals surface area contributed by atoms with E-state index in [1.807, 2.05) is 39.0 Å². The number of nitriles is 1. The molecule has 1 fully saturated rings. The molecular weight excluding hydrogens is 408 g/mol. The van der Waals surface area contributed by atoms with Crippen LogP contribution in [0.25, 0.3) is 11.2 Å². The number of imidazole rings is 1. The van der Waals surface area contributed by atoms with Crippen LogP contribution in [0.4, 0.5) is 10.5 Å². The number of hydrogen-bond donors (Lipinski definition) is 1. The highest BCUT2D eigenvalue weighted by Gasteiger charge is 2.33. The number of benzene rings is 1. The van der Waals surface area contributed by atoms with Crippen LogP contribution in [0.1, 0.15) is 31.9 Å². The van der Waals surface area contributed by atoms with Crippen LogP contribution in [0.2, 0.25) is 0 Å². The molecule has 0 unspecified atom stereocenters. The molecule has 0 aliphatic carbocycles. The fraction of sp³-hybridized carbons (Fsp3) is 0.391. The van der Waals surface area contributed by atoms with Crippen molar-refractivity contribution in [1.29, 1.82) is 5.26 Å². The monoisotopic (exact) mass is 434 g/mol. The number of nitrogens with zero attached hydrogens (tertiary/aromatic N) is 5. The molecule has 0 saturated carbocycles. The molecule has 1 amide bonds. The summed E-state index contributed by atoms with van der Waals surface area (Å²) in [7, 11) is 1.69. The number of alkyl carbamates (subject to hydrolysis) is 1. The second-order valence-electron chi connectivity index (χ2n) is 9.01. The highest BCUT2D eigenvalue weighted by molar-refractivity contribution is 5.87. The van der Waals surface area contributed by atoms with Crippen molar-refractivity contribution in [2.24, 2.45) is 7.05 Å². The molecule has 3 aromatic rings. The molecule has 0 spiro atoms. The lowest BCUT2D eigenvalue weighted by molar-refractivity contribution is 0.0757. The fourth-order valence-corrected chi connectivity index (χ4v) is 3.84. The predicted octanol–water partition coefficient (Wildman–Crippen LogP) is 2.37. The van der Waals surface area contributed by atoms with E-state index in [4.69, 9.17) is 4.74 Å². The lowest BCUT2D eigenvalue weighted by Crippen LogP contribution is -2.55. The van der Waals surface area contributed by atoms with E-state index in [1.165, 1.54) is 4.57 Å². The SMILES string of the molecule is Cn1c(=O)n(Cc2ccccc2C#N)c2c(N3CC(OC(=O)NC(C)(C)C)C3)ccnc21. The molecule has 1 saturated heterocycles. The molecule has 166 valence electrons. The Morgan fingerprint density at radius 3 is 2.69 bits per heavy atom. The van der Waals surface area contributed by atoms with Crippen LogP contribution in [-0.2, 0) is 18.3 Å². The van der Waals surface area contributed by atoms with Gasteiger partial charge in [-0.3, -0.25) is 9.13 Å². The molecule has 1 N–H and O–H groups in total. The van der Waals surface area contributed by atoms with E-state index in [0.29, 0.717) is 29.8 Å². The van der Waals surface area contributed by atoms with E-state index in [0.717, 1.165) is 11.3 Å². The summed E-state index contributed by atoms with van der Waals surface area (Å²) in [6.45, 7) is 7.00. The molecule has 9 nitrogen and oxygen atoms in total. The minimum absolute atomic E-state index is 0.203. The number of aromatic nitrogens is 3. The highest BCUT2D eigenvalue weighted by atomic mass is 16.6. The molecule has 0 radical (unpaired) electrons. The van der Waals surface area contributed by atoms with Gasteiger partial charge in [0.05, 0.1) is 37.0 Å². The smallest absolute Gasteiger partial charge is 0.407 e. The highest BCUT2D eigenvalue weighted by Crippen LogP contribution is 2.30. The second-order valence-corrected chi connectivity index (χ2v) is 9.01. The summed E-state index contributed by atoms with van der Waals surface area (Å²) in [4.78, 5) is 31.5. The third-order valence-electron chi connectivity index (χ3n) is 5.39. The first-order valence-electron chi connectivity index (χ1n) is 10.4. The van der Waals surface area contributed by atoms with Gasteiger partial charge in [-0.2, -0.15) is 5.26 Å². The summed E-state index contributed by atoms with van der Waals surface area (Å²) in [5, 5.41) is 12.2. The van der Waals surface area contributed by atoms with Crippen molar-refractivity contribution in [3.63, 3.8) is 0 Å². The van der Waals surface area contributed by atoms with E-state index in [9.17, 15) is 14.9 Å². The number of nitrogens with one attached hydrogen (secondary N) is 1. The average molecular weight is 435 g/mol. The number of pyridine rings is 1. The minimum Gasteiger partial charge on any atom is -0.442 e. The summed E-state index contributed by atoms with van der Waals surface area (Å²) in [6, 6.07) is 11.3. The largest absolute Gasteiger partial charge is 0.442 e. The van der Waals surface area contributed by atoms with E-state index in [2.05, 4.69) is 21.3 Å². The van der Waals surface area contributed by atoms with Gasteiger partial charge >= 0.3 is 11.8 Å². The summed E-state index contributed by atoms with van der Waals surface area (Å²) in [5.41, 5.74) is 2.84. The number of amides is 1.